The molecule has 32 valence electrons. The van der Waals surface area contributed by atoms with Crippen LogP contribution in [0.25, 0.3) is 0 Å². The van der Waals surface area contributed by atoms with E-state index in [0.717, 1.165) is 0 Å². The fourth-order valence-electron chi connectivity index (χ4n) is 0.252. The maximum atomic E-state index is 6.97. The molecule has 0 aromatic carbocycles. The van der Waals surface area contributed by atoms with E-state index in [1.807, 2.05) is 0 Å². The Bertz CT molecular complexity index is 174. The van der Waals surface area contributed by atoms with Crippen LogP contribution in [0.1, 0.15) is 2.74 Å². The van der Waals surface area contributed by atoms with Gasteiger partial charge in [-0.2, -0.15) is 0 Å². The molecule has 0 fully saturated rings. The van der Waals surface area contributed by atoms with Gasteiger partial charge in [0.2, 0.25) is 0 Å². The maximum Gasteiger partial charge on any atom is 0.104 e. The Morgan fingerprint density at radius 1 is 2.00 bits per heavy atom. The lowest BCUT2D eigenvalue weighted by atomic mass is 10.9. The van der Waals surface area contributed by atoms with Crippen molar-refractivity contribution in [1.82, 2.24) is 9.55 Å². The second-order valence-corrected chi connectivity index (χ2v) is 1.08. The van der Waals surface area contributed by atoms with E-state index in [4.69, 9.17) is 2.74 Å². The molecule has 0 bridgehead atoms. The lowest BCUT2D eigenvalue weighted by Crippen LogP contribution is -1.76. The third kappa shape index (κ3) is 0.407. The Kier molecular flexibility index (Phi) is 0.333. The van der Waals surface area contributed by atoms with Gasteiger partial charge in [-0.3, -0.25) is 0 Å². The Morgan fingerprint density at radius 2 is 2.83 bits per heavy atom. The molecule has 0 unspecified atom stereocenters. The van der Waals surface area contributed by atoms with E-state index in [9.17, 15) is 0 Å². The highest BCUT2D eigenvalue weighted by atomic mass is 15.0. The fourth-order valence-corrected chi connectivity index (χ4v) is 0.252. The van der Waals surface area contributed by atoms with Gasteiger partial charge in [0.15, 0.2) is 0 Å². The van der Waals surface area contributed by atoms with Crippen LogP contribution in [0.4, 0.5) is 0 Å². The number of hydrogen-bond acceptors (Lipinski definition) is 1. The van der Waals surface area contributed by atoms with Gasteiger partial charge in [0, 0.05) is 19.4 Å². The van der Waals surface area contributed by atoms with Gasteiger partial charge in [-0.1, -0.05) is 0 Å². The number of aromatic nitrogens is 2. The Labute approximate surface area is 39.2 Å². The topological polar surface area (TPSA) is 17.8 Å². The van der Waals surface area contributed by atoms with Crippen LogP contribution < -0.4 is 0 Å². The molecule has 1 heterocycles. The minimum atomic E-state index is 0.134. The summed E-state index contributed by atoms with van der Waals surface area (Å²) in [5, 5.41) is 0. The second-order valence-electron chi connectivity index (χ2n) is 1.08. The summed E-state index contributed by atoms with van der Waals surface area (Å²) in [7, 11) is 1.69. The summed E-state index contributed by atoms with van der Waals surface area (Å²) in [5.41, 5.74) is 0. The summed E-state index contributed by atoms with van der Waals surface area (Å²) in [5.74, 6) is 0. The summed E-state index contributed by atoms with van der Waals surface area (Å²) in [6.07, 6.45) is 1.77. The monoisotopic (exact) mass is 84.1 g/mol. The Hall–Kier alpha value is -0.790. The van der Waals surface area contributed by atoms with Crippen molar-refractivity contribution in [1.29, 1.82) is 0 Å². The highest BCUT2D eigenvalue weighted by Gasteiger charge is 1.69. The van der Waals surface area contributed by atoms with Crippen molar-refractivity contribution in [2.75, 3.05) is 0 Å². The molecule has 0 saturated carbocycles. The molecule has 1 aromatic rings. The van der Waals surface area contributed by atoms with E-state index in [1.54, 1.807) is 7.05 Å². The van der Waals surface area contributed by atoms with Crippen LogP contribution in [0, 0.1) is 0 Å². The molecule has 0 aliphatic rings. The van der Waals surface area contributed by atoms with E-state index >= 15 is 0 Å². The molecular formula is C4H6N2. The number of aryl methyl sites for hydroxylation is 1. The van der Waals surface area contributed by atoms with E-state index in [0.29, 0.717) is 0 Å². The van der Waals surface area contributed by atoms with Crippen molar-refractivity contribution in [2.45, 2.75) is 0 Å². The molecule has 0 radical (unpaired) electrons. The van der Waals surface area contributed by atoms with Gasteiger partial charge in [-0.05, 0) is 0 Å². The predicted octanol–water partition coefficient (Wildman–Crippen LogP) is 0.420. The Balaban J connectivity index is 3.14. The zero-order valence-corrected chi connectivity index (χ0v) is 3.47. The lowest BCUT2D eigenvalue weighted by Gasteiger charge is -1.76. The molecular weight excluding hydrogens is 76.1 g/mol. The molecule has 2 nitrogen and oxygen atoms in total. The predicted molar refractivity (Wildman–Crippen MR) is 23.2 cm³/mol. The molecule has 2 heteroatoms. The van der Waals surface area contributed by atoms with Crippen molar-refractivity contribution in [2.24, 2.45) is 7.05 Å². The molecule has 0 aliphatic heterocycles. The summed E-state index contributed by atoms with van der Waals surface area (Å²) < 4.78 is 15.4. The zero-order chi connectivity index (χ0) is 6.15. The van der Waals surface area contributed by atoms with Gasteiger partial charge in [-0.25, -0.2) is 4.98 Å². The van der Waals surface area contributed by atoms with Gasteiger partial charge in [0.25, 0.3) is 0 Å². The first-order valence-corrected chi connectivity index (χ1v) is 1.66. The number of imidazole rings is 1. The standard InChI is InChI=1S/C4H6N2/c1-6-3-2-5-4-6/h2-4H,1H3/i2D,4D. The summed E-state index contributed by atoms with van der Waals surface area (Å²) >= 11 is 0. The van der Waals surface area contributed by atoms with Gasteiger partial charge in [0.05, 0.1) is 7.67 Å². The smallest absolute Gasteiger partial charge is 0.104 e. The molecule has 0 N–H and O–H groups in total. The first-order valence-electron chi connectivity index (χ1n) is 2.66. The second kappa shape index (κ2) is 1.12. The molecule has 0 spiro atoms. The summed E-state index contributed by atoms with van der Waals surface area (Å²) in [6.45, 7) is 0. The van der Waals surface area contributed by atoms with Crippen LogP contribution >= 0.6 is 0 Å². The minimum absolute atomic E-state index is 0.134. The van der Waals surface area contributed by atoms with E-state index in [-0.39, 0.29) is 12.5 Å². The number of rotatable bonds is 0. The van der Waals surface area contributed by atoms with Crippen LogP contribution in [0.3, 0.4) is 0 Å². The van der Waals surface area contributed by atoms with Crippen LogP contribution in [0.5, 0.6) is 0 Å². The highest BCUT2D eigenvalue weighted by molar-refractivity contribution is 4.70. The maximum absolute atomic E-state index is 6.97. The van der Waals surface area contributed by atoms with Gasteiger partial charge in [-0.15, -0.1) is 0 Å². The van der Waals surface area contributed by atoms with Crippen molar-refractivity contribution in [3.05, 3.63) is 18.7 Å². The van der Waals surface area contributed by atoms with E-state index < -0.39 is 0 Å². The number of hydrogen-bond donors (Lipinski definition) is 0. The van der Waals surface area contributed by atoms with Crippen LogP contribution in [-0.2, 0) is 7.05 Å². The quantitative estimate of drug-likeness (QED) is 0.445. The largest absolute Gasteiger partial charge is 0.341 e. The highest BCUT2D eigenvalue weighted by Crippen LogP contribution is 1.73. The van der Waals surface area contributed by atoms with Crippen molar-refractivity contribution < 1.29 is 2.74 Å². The zero-order valence-electron chi connectivity index (χ0n) is 5.47. The molecule has 0 atom stereocenters. The first kappa shape index (κ1) is 1.78. The van der Waals surface area contributed by atoms with Crippen molar-refractivity contribution in [3.8, 4) is 0 Å². The Morgan fingerprint density at radius 3 is 3.00 bits per heavy atom. The normalized spacial score (nSPS) is 13.5. The molecule has 6 heavy (non-hydrogen) atoms. The lowest BCUT2D eigenvalue weighted by molar-refractivity contribution is 0.913. The molecule has 0 amide bonds. The third-order valence-corrected chi connectivity index (χ3v) is 0.524. The van der Waals surface area contributed by atoms with Gasteiger partial charge < -0.3 is 4.57 Å². The molecule has 0 saturated heterocycles. The van der Waals surface area contributed by atoms with Crippen molar-refractivity contribution in [3.63, 3.8) is 0 Å². The fraction of sp³-hybridized carbons (Fsp3) is 0.250. The molecule has 0 aliphatic carbocycles. The van der Waals surface area contributed by atoms with E-state index in [1.165, 1.54) is 10.8 Å². The number of nitrogens with zero attached hydrogens (tertiary/aromatic N) is 2. The van der Waals surface area contributed by atoms with Gasteiger partial charge >= 0.3 is 0 Å². The SMILES string of the molecule is [2H]c1cn(C)c([2H])n1. The average molecular weight is 84.1 g/mol. The van der Waals surface area contributed by atoms with Crippen LogP contribution in [0.15, 0.2) is 18.7 Å². The summed E-state index contributed by atoms with van der Waals surface area (Å²) in [4.78, 5) is 3.51. The first-order chi connectivity index (χ1) is 3.70. The van der Waals surface area contributed by atoms with Gasteiger partial charge in [0.1, 0.15) is 1.37 Å². The minimum Gasteiger partial charge on any atom is -0.341 e. The van der Waals surface area contributed by atoms with Crippen molar-refractivity contribution >= 4 is 0 Å². The average Bonchev–Trinajstić information content (AvgIpc) is 1.85. The van der Waals surface area contributed by atoms with Crippen LogP contribution in [-0.4, -0.2) is 9.55 Å². The molecule has 1 aromatic heterocycles. The summed E-state index contributed by atoms with van der Waals surface area (Å²) in [6, 6.07) is 0. The van der Waals surface area contributed by atoms with Crippen LogP contribution in [0.2, 0.25) is 0 Å². The third-order valence-electron chi connectivity index (χ3n) is 0.524. The molecule has 1 rings (SSSR count). The van der Waals surface area contributed by atoms with E-state index in [2.05, 4.69) is 4.98 Å².